The number of carbonyl (C=O) groups is 2. The number of carboxylic acid groups (broad SMARTS) is 1. The molecule has 92 valence electrons. The van der Waals surface area contributed by atoms with Gasteiger partial charge in [-0.05, 0) is 24.6 Å². The zero-order chi connectivity index (χ0) is 13.1. The summed E-state index contributed by atoms with van der Waals surface area (Å²) in [6, 6.07) is 7.21. The highest BCUT2D eigenvalue weighted by Gasteiger charge is 2.18. The molecule has 0 aliphatic rings. The summed E-state index contributed by atoms with van der Waals surface area (Å²) in [6.45, 7) is 1.90. The smallest absolute Gasteiger partial charge is 0.339 e. The minimum absolute atomic E-state index is 0.0657. The van der Waals surface area contributed by atoms with Crippen LogP contribution in [0.15, 0.2) is 30.5 Å². The van der Waals surface area contributed by atoms with Gasteiger partial charge in [0.15, 0.2) is 0 Å². The van der Waals surface area contributed by atoms with Gasteiger partial charge in [-0.2, -0.15) is 5.10 Å². The summed E-state index contributed by atoms with van der Waals surface area (Å²) in [5.74, 6) is -1.73. The summed E-state index contributed by atoms with van der Waals surface area (Å²) in [5.41, 5.74) is 1.38. The lowest BCUT2D eigenvalue weighted by molar-refractivity contribution is 0.0692. The normalized spacial score (nSPS) is 10.1. The maximum absolute atomic E-state index is 11.9. The topological polar surface area (TPSA) is 95.1 Å². The molecule has 18 heavy (non-hydrogen) atoms. The number of aromatic amines is 1. The van der Waals surface area contributed by atoms with Crippen LogP contribution in [0.25, 0.3) is 0 Å². The molecule has 0 unspecified atom stereocenters. The number of nitrogens with zero attached hydrogens (tertiary/aromatic N) is 1. The second-order valence-corrected chi connectivity index (χ2v) is 3.79. The van der Waals surface area contributed by atoms with Crippen LogP contribution in [0, 0.1) is 6.92 Å². The van der Waals surface area contributed by atoms with Crippen LogP contribution >= 0.6 is 0 Å². The summed E-state index contributed by atoms with van der Waals surface area (Å²) in [7, 11) is 0. The van der Waals surface area contributed by atoms with E-state index in [-0.39, 0.29) is 11.3 Å². The summed E-state index contributed by atoms with van der Waals surface area (Å²) in [4.78, 5) is 22.7. The maximum atomic E-state index is 11.9. The third-order valence-electron chi connectivity index (χ3n) is 2.37. The van der Waals surface area contributed by atoms with Crippen LogP contribution < -0.4 is 5.32 Å². The Hall–Kier alpha value is -2.63. The van der Waals surface area contributed by atoms with Gasteiger partial charge in [-0.15, -0.1) is 0 Å². The number of aromatic nitrogens is 2. The van der Waals surface area contributed by atoms with Gasteiger partial charge in [0.25, 0.3) is 5.91 Å². The van der Waals surface area contributed by atoms with E-state index < -0.39 is 11.9 Å². The highest BCUT2D eigenvalue weighted by molar-refractivity contribution is 6.09. The summed E-state index contributed by atoms with van der Waals surface area (Å²) < 4.78 is 0. The average Bonchev–Trinajstić information content (AvgIpc) is 2.77. The van der Waals surface area contributed by atoms with Gasteiger partial charge in [-0.3, -0.25) is 9.89 Å². The number of hydrogen-bond acceptors (Lipinski definition) is 3. The van der Waals surface area contributed by atoms with Gasteiger partial charge < -0.3 is 10.4 Å². The van der Waals surface area contributed by atoms with E-state index in [1.165, 1.54) is 0 Å². The van der Waals surface area contributed by atoms with Gasteiger partial charge in [0, 0.05) is 5.69 Å². The molecule has 6 heteroatoms. The number of aryl methyl sites for hydroxylation is 1. The molecular formula is C12H11N3O3. The second kappa shape index (κ2) is 4.70. The summed E-state index contributed by atoms with van der Waals surface area (Å²) in [6.07, 6.45) is 1.10. The first-order valence-electron chi connectivity index (χ1n) is 5.22. The fraction of sp³-hybridized carbons (Fsp3) is 0.0833. The number of nitrogens with one attached hydrogen (secondary N) is 2. The molecule has 0 radical (unpaired) electrons. The zero-order valence-corrected chi connectivity index (χ0v) is 9.60. The summed E-state index contributed by atoms with van der Waals surface area (Å²) in [5, 5.41) is 17.4. The molecule has 0 spiro atoms. The number of rotatable bonds is 3. The van der Waals surface area contributed by atoms with Crippen molar-refractivity contribution in [3.8, 4) is 0 Å². The van der Waals surface area contributed by atoms with E-state index in [0.717, 1.165) is 11.8 Å². The van der Waals surface area contributed by atoms with Crippen molar-refractivity contribution in [2.45, 2.75) is 6.92 Å². The van der Waals surface area contributed by atoms with E-state index in [4.69, 9.17) is 5.11 Å². The zero-order valence-electron chi connectivity index (χ0n) is 9.60. The first kappa shape index (κ1) is 11.8. The molecule has 3 N–H and O–H groups in total. The highest BCUT2D eigenvalue weighted by atomic mass is 16.4. The molecule has 1 heterocycles. The molecule has 2 rings (SSSR count). The quantitative estimate of drug-likeness (QED) is 0.766. The number of hydrogen-bond donors (Lipinski definition) is 3. The number of amides is 1. The number of H-pyrrole nitrogens is 1. The molecule has 1 aromatic carbocycles. The van der Waals surface area contributed by atoms with Crippen LogP contribution in [0.2, 0.25) is 0 Å². The lowest BCUT2D eigenvalue weighted by Gasteiger charge is -2.05. The van der Waals surface area contributed by atoms with E-state index in [1.807, 2.05) is 13.0 Å². The first-order chi connectivity index (χ1) is 8.58. The fourth-order valence-corrected chi connectivity index (χ4v) is 1.54. The molecule has 0 saturated heterocycles. The van der Waals surface area contributed by atoms with Crippen LogP contribution in [-0.4, -0.2) is 27.2 Å². The van der Waals surface area contributed by atoms with E-state index in [1.54, 1.807) is 18.2 Å². The molecule has 0 aliphatic carbocycles. The van der Waals surface area contributed by atoms with E-state index in [9.17, 15) is 9.59 Å². The van der Waals surface area contributed by atoms with Gasteiger partial charge in [0.1, 0.15) is 11.3 Å². The molecular weight excluding hydrogens is 234 g/mol. The van der Waals surface area contributed by atoms with Crippen LogP contribution in [0.1, 0.15) is 26.4 Å². The predicted octanol–water partition coefficient (Wildman–Crippen LogP) is 1.67. The standard InChI is InChI=1S/C12H11N3O3/c1-7-3-2-4-8(5-7)14-11(16)10-9(12(17)18)6-13-15-10/h2-6H,1H3,(H,13,15)(H,14,16)(H,17,18). The Morgan fingerprint density at radius 1 is 1.39 bits per heavy atom. The number of aromatic carboxylic acids is 1. The molecule has 0 fully saturated rings. The monoisotopic (exact) mass is 245 g/mol. The minimum Gasteiger partial charge on any atom is -0.478 e. The lowest BCUT2D eigenvalue weighted by atomic mass is 10.2. The van der Waals surface area contributed by atoms with Crippen molar-refractivity contribution in [3.63, 3.8) is 0 Å². The molecule has 1 amide bonds. The summed E-state index contributed by atoms with van der Waals surface area (Å²) >= 11 is 0. The Balaban J connectivity index is 2.22. The van der Waals surface area contributed by atoms with Crippen molar-refractivity contribution in [1.82, 2.24) is 10.2 Å². The van der Waals surface area contributed by atoms with Gasteiger partial charge >= 0.3 is 5.97 Å². The molecule has 2 aromatic rings. The third-order valence-corrected chi connectivity index (χ3v) is 2.37. The van der Waals surface area contributed by atoms with Crippen molar-refractivity contribution in [2.75, 3.05) is 5.32 Å². The molecule has 1 aromatic heterocycles. The number of carboxylic acids is 1. The minimum atomic E-state index is -1.20. The Labute approximate surface area is 103 Å². The molecule has 0 saturated carbocycles. The van der Waals surface area contributed by atoms with E-state index >= 15 is 0 Å². The molecule has 6 nitrogen and oxygen atoms in total. The first-order valence-corrected chi connectivity index (χ1v) is 5.22. The van der Waals surface area contributed by atoms with Crippen molar-refractivity contribution < 1.29 is 14.7 Å². The largest absolute Gasteiger partial charge is 0.478 e. The maximum Gasteiger partial charge on any atom is 0.339 e. The van der Waals surface area contributed by atoms with Crippen LogP contribution in [0.4, 0.5) is 5.69 Å². The molecule has 0 bridgehead atoms. The van der Waals surface area contributed by atoms with Crippen molar-refractivity contribution in [1.29, 1.82) is 0 Å². The number of carbonyl (C=O) groups excluding carboxylic acids is 1. The molecule has 0 atom stereocenters. The van der Waals surface area contributed by atoms with E-state index in [0.29, 0.717) is 5.69 Å². The number of anilines is 1. The highest BCUT2D eigenvalue weighted by Crippen LogP contribution is 2.12. The van der Waals surface area contributed by atoms with Crippen LogP contribution in [0.5, 0.6) is 0 Å². The van der Waals surface area contributed by atoms with Gasteiger partial charge in [-0.1, -0.05) is 12.1 Å². The fourth-order valence-electron chi connectivity index (χ4n) is 1.54. The van der Waals surface area contributed by atoms with Crippen molar-refractivity contribution >= 4 is 17.6 Å². The lowest BCUT2D eigenvalue weighted by Crippen LogP contribution is -2.16. The van der Waals surface area contributed by atoms with Crippen molar-refractivity contribution in [2.24, 2.45) is 0 Å². The second-order valence-electron chi connectivity index (χ2n) is 3.79. The Kier molecular flexibility index (Phi) is 3.09. The number of benzene rings is 1. The van der Waals surface area contributed by atoms with E-state index in [2.05, 4.69) is 15.5 Å². The Bertz CT molecular complexity index is 604. The van der Waals surface area contributed by atoms with Gasteiger partial charge in [0.05, 0.1) is 6.20 Å². The Morgan fingerprint density at radius 2 is 2.17 bits per heavy atom. The van der Waals surface area contributed by atoms with Gasteiger partial charge in [-0.25, -0.2) is 4.79 Å². The van der Waals surface area contributed by atoms with Gasteiger partial charge in [0.2, 0.25) is 0 Å². The third kappa shape index (κ3) is 2.37. The van der Waals surface area contributed by atoms with Crippen molar-refractivity contribution in [3.05, 3.63) is 47.3 Å². The Morgan fingerprint density at radius 3 is 2.83 bits per heavy atom. The molecule has 0 aliphatic heterocycles. The predicted molar refractivity (Wildman–Crippen MR) is 64.7 cm³/mol. The van der Waals surface area contributed by atoms with Crippen LogP contribution in [-0.2, 0) is 0 Å². The van der Waals surface area contributed by atoms with Crippen LogP contribution in [0.3, 0.4) is 0 Å². The average molecular weight is 245 g/mol. The SMILES string of the molecule is Cc1cccc(NC(=O)c2[nH]ncc2C(=O)O)c1.